The molecule has 1 amide bonds. The van der Waals surface area contributed by atoms with Gasteiger partial charge < -0.3 is 9.47 Å². The Labute approximate surface area is 152 Å². The monoisotopic (exact) mass is 349 g/mol. The fourth-order valence-electron chi connectivity index (χ4n) is 3.56. The third-order valence-electron chi connectivity index (χ3n) is 5.25. The second kappa shape index (κ2) is 6.86. The van der Waals surface area contributed by atoms with Gasteiger partial charge in [0, 0.05) is 37.6 Å². The number of nitrogens with zero attached hydrogens (tertiary/aromatic N) is 5. The number of aromatic nitrogens is 4. The molecule has 3 aromatic rings. The maximum atomic E-state index is 12.9. The summed E-state index contributed by atoms with van der Waals surface area (Å²) in [6.07, 6.45) is 7.71. The van der Waals surface area contributed by atoms with Crippen LogP contribution in [0.1, 0.15) is 34.6 Å². The number of benzene rings is 1. The summed E-state index contributed by atoms with van der Waals surface area (Å²) in [4.78, 5) is 28.0. The van der Waals surface area contributed by atoms with Crippen molar-refractivity contribution in [3.05, 3.63) is 53.9 Å². The van der Waals surface area contributed by atoms with Gasteiger partial charge in [-0.15, -0.1) is 0 Å². The largest absolute Gasteiger partial charge is 0.339 e. The van der Waals surface area contributed by atoms with Crippen LogP contribution in [0.4, 0.5) is 0 Å². The predicted molar refractivity (Wildman–Crippen MR) is 99.9 cm³/mol. The SMILES string of the molecule is Cc1nc2ccc(C(=O)N3CCC(Cn4ccnc4)CC3)cc2nc1C. The molecule has 0 saturated carbocycles. The van der Waals surface area contributed by atoms with Crippen molar-refractivity contribution < 1.29 is 4.79 Å². The normalized spacial score (nSPS) is 15.5. The van der Waals surface area contributed by atoms with Crippen LogP contribution >= 0.6 is 0 Å². The van der Waals surface area contributed by atoms with E-state index in [-0.39, 0.29) is 5.91 Å². The number of fused-ring (bicyclic) bond motifs is 1. The van der Waals surface area contributed by atoms with Crippen molar-refractivity contribution in [3.8, 4) is 0 Å². The lowest BCUT2D eigenvalue weighted by Crippen LogP contribution is -2.39. The van der Waals surface area contributed by atoms with E-state index in [0.717, 1.165) is 54.9 Å². The standard InChI is InChI=1S/C20H23N5O/c1-14-15(2)23-19-11-17(3-4-18(19)22-14)20(26)25-8-5-16(6-9-25)12-24-10-7-21-13-24/h3-4,7,10-11,13,16H,5-6,8-9,12H2,1-2H3. The number of carbonyl (C=O) groups is 1. The number of piperidine rings is 1. The summed E-state index contributed by atoms with van der Waals surface area (Å²) in [6, 6.07) is 5.63. The van der Waals surface area contributed by atoms with E-state index in [1.165, 1.54) is 0 Å². The molecule has 0 aliphatic carbocycles. The van der Waals surface area contributed by atoms with Crippen LogP contribution in [0.5, 0.6) is 0 Å². The maximum absolute atomic E-state index is 12.9. The van der Waals surface area contributed by atoms with E-state index in [1.54, 1.807) is 0 Å². The van der Waals surface area contributed by atoms with Crippen LogP contribution in [0.3, 0.4) is 0 Å². The number of amides is 1. The third kappa shape index (κ3) is 3.31. The zero-order valence-corrected chi connectivity index (χ0v) is 15.2. The number of imidazole rings is 1. The Morgan fingerprint density at radius 1 is 1.12 bits per heavy atom. The van der Waals surface area contributed by atoms with Gasteiger partial charge >= 0.3 is 0 Å². The second-order valence-electron chi connectivity index (χ2n) is 7.09. The number of likely N-dealkylation sites (tertiary alicyclic amines) is 1. The highest BCUT2D eigenvalue weighted by Crippen LogP contribution is 2.22. The minimum Gasteiger partial charge on any atom is -0.339 e. The molecule has 26 heavy (non-hydrogen) atoms. The molecule has 0 spiro atoms. The molecule has 1 aromatic carbocycles. The molecule has 134 valence electrons. The molecule has 1 aliphatic heterocycles. The van der Waals surface area contributed by atoms with Gasteiger partial charge in [0.15, 0.2) is 0 Å². The predicted octanol–water partition coefficient (Wildman–Crippen LogP) is 3.00. The molecule has 0 atom stereocenters. The summed E-state index contributed by atoms with van der Waals surface area (Å²) >= 11 is 0. The lowest BCUT2D eigenvalue weighted by atomic mass is 9.96. The van der Waals surface area contributed by atoms with E-state index >= 15 is 0 Å². The van der Waals surface area contributed by atoms with E-state index in [2.05, 4.69) is 19.5 Å². The van der Waals surface area contributed by atoms with Gasteiger partial charge in [-0.05, 0) is 50.8 Å². The minimum atomic E-state index is 0.0907. The lowest BCUT2D eigenvalue weighted by Gasteiger charge is -2.32. The molecule has 6 nitrogen and oxygen atoms in total. The number of hydrogen-bond acceptors (Lipinski definition) is 4. The average molecular weight is 349 g/mol. The summed E-state index contributed by atoms with van der Waals surface area (Å²) in [5.41, 5.74) is 4.15. The number of rotatable bonds is 3. The zero-order valence-electron chi connectivity index (χ0n) is 15.2. The van der Waals surface area contributed by atoms with Gasteiger partial charge in [0.25, 0.3) is 5.91 Å². The molecule has 3 heterocycles. The first-order chi connectivity index (χ1) is 12.6. The van der Waals surface area contributed by atoms with E-state index < -0.39 is 0 Å². The Morgan fingerprint density at radius 3 is 2.54 bits per heavy atom. The molecule has 2 aromatic heterocycles. The van der Waals surface area contributed by atoms with E-state index in [4.69, 9.17) is 0 Å². The molecule has 0 radical (unpaired) electrons. The van der Waals surface area contributed by atoms with Crippen LogP contribution in [0.15, 0.2) is 36.9 Å². The van der Waals surface area contributed by atoms with Crippen LogP contribution in [0, 0.1) is 19.8 Å². The fraction of sp³-hybridized carbons (Fsp3) is 0.400. The second-order valence-corrected chi connectivity index (χ2v) is 7.09. The van der Waals surface area contributed by atoms with Gasteiger partial charge in [-0.3, -0.25) is 4.79 Å². The molecule has 1 saturated heterocycles. The van der Waals surface area contributed by atoms with Crippen molar-refractivity contribution in [1.82, 2.24) is 24.4 Å². The first-order valence-electron chi connectivity index (χ1n) is 9.10. The highest BCUT2D eigenvalue weighted by molar-refractivity contribution is 5.97. The Balaban J connectivity index is 1.44. The zero-order chi connectivity index (χ0) is 18.1. The number of aryl methyl sites for hydroxylation is 2. The number of carbonyl (C=O) groups excluding carboxylic acids is 1. The molecule has 0 N–H and O–H groups in total. The van der Waals surface area contributed by atoms with Crippen molar-refractivity contribution in [2.45, 2.75) is 33.2 Å². The summed E-state index contributed by atoms with van der Waals surface area (Å²) in [5, 5.41) is 0. The number of hydrogen-bond donors (Lipinski definition) is 0. The van der Waals surface area contributed by atoms with Crippen LogP contribution in [0.25, 0.3) is 11.0 Å². The fourth-order valence-corrected chi connectivity index (χ4v) is 3.56. The van der Waals surface area contributed by atoms with Crippen LogP contribution in [-0.2, 0) is 6.54 Å². The Kier molecular flexibility index (Phi) is 4.41. The lowest BCUT2D eigenvalue weighted by molar-refractivity contribution is 0.0683. The van der Waals surface area contributed by atoms with Crippen LogP contribution < -0.4 is 0 Å². The Morgan fingerprint density at radius 2 is 1.85 bits per heavy atom. The smallest absolute Gasteiger partial charge is 0.253 e. The topological polar surface area (TPSA) is 63.9 Å². The van der Waals surface area contributed by atoms with Crippen LogP contribution in [0.2, 0.25) is 0 Å². The van der Waals surface area contributed by atoms with Crippen molar-refractivity contribution in [1.29, 1.82) is 0 Å². The summed E-state index contributed by atoms with van der Waals surface area (Å²) < 4.78 is 2.12. The molecule has 1 aliphatic rings. The highest BCUT2D eigenvalue weighted by Gasteiger charge is 2.24. The maximum Gasteiger partial charge on any atom is 0.253 e. The minimum absolute atomic E-state index is 0.0907. The van der Waals surface area contributed by atoms with Gasteiger partial charge in [0.2, 0.25) is 0 Å². The molecule has 1 fully saturated rings. The van der Waals surface area contributed by atoms with Gasteiger partial charge in [0.1, 0.15) is 0 Å². The summed E-state index contributed by atoms with van der Waals surface area (Å²) in [5.74, 6) is 0.689. The van der Waals surface area contributed by atoms with Crippen LogP contribution in [-0.4, -0.2) is 43.4 Å². The summed E-state index contributed by atoms with van der Waals surface area (Å²) in [7, 11) is 0. The van der Waals surface area contributed by atoms with E-state index in [1.807, 2.05) is 55.7 Å². The van der Waals surface area contributed by atoms with Crippen molar-refractivity contribution in [2.75, 3.05) is 13.1 Å². The Bertz CT molecular complexity index is 927. The highest BCUT2D eigenvalue weighted by atomic mass is 16.2. The first kappa shape index (κ1) is 16.7. The van der Waals surface area contributed by atoms with Crippen molar-refractivity contribution >= 4 is 16.9 Å². The Hall–Kier alpha value is -2.76. The van der Waals surface area contributed by atoms with E-state index in [0.29, 0.717) is 11.5 Å². The molecule has 0 unspecified atom stereocenters. The van der Waals surface area contributed by atoms with Gasteiger partial charge in [0.05, 0.1) is 28.7 Å². The van der Waals surface area contributed by atoms with E-state index in [9.17, 15) is 4.79 Å². The van der Waals surface area contributed by atoms with Gasteiger partial charge in [-0.2, -0.15) is 0 Å². The molecular formula is C20H23N5O. The molecular weight excluding hydrogens is 326 g/mol. The van der Waals surface area contributed by atoms with Gasteiger partial charge in [-0.1, -0.05) is 0 Å². The third-order valence-corrected chi connectivity index (χ3v) is 5.25. The first-order valence-corrected chi connectivity index (χ1v) is 9.10. The molecule has 0 bridgehead atoms. The van der Waals surface area contributed by atoms with Gasteiger partial charge in [-0.25, -0.2) is 15.0 Å². The van der Waals surface area contributed by atoms with Crippen molar-refractivity contribution in [2.24, 2.45) is 5.92 Å². The molecule has 6 heteroatoms. The summed E-state index contributed by atoms with van der Waals surface area (Å²) in [6.45, 7) is 6.48. The molecule has 4 rings (SSSR count). The van der Waals surface area contributed by atoms with Crippen molar-refractivity contribution in [3.63, 3.8) is 0 Å². The average Bonchev–Trinajstić information content (AvgIpc) is 3.15. The quantitative estimate of drug-likeness (QED) is 0.729.